The molecule has 1 unspecified atom stereocenters. The summed E-state index contributed by atoms with van der Waals surface area (Å²) in [5.74, 6) is -1.59. The summed E-state index contributed by atoms with van der Waals surface area (Å²) in [5.41, 5.74) is 5.29. The Bertz CT molecular complexity index is 344. The topological polar surface area (TPSA) is 55.5 Å². The molecule has 0 aliphatic carbocycles. The van der Waals surface area contributed by atoms with Crippen molar-refractivity contribution in [2.45, 2.75) is 12.5 Å². The first-order valence-electron chi connectivity index (χ1n) is 4.50. The van der Waals surface area contributed by atoms with E-state index in [0.717, 1.165) is 6.07 Å². The van der Waals surface area contributed by atoms with E-state index in [9.17, 15) is 8.78 Å². The maximum atomic E-state index is 13.6. The zero-order valence-electron chi connectivity index (χ0n) is 8.34. The number of aliphatic hydroxyl groups is 1. The highest BCUT2D eigenvalue weighted by atomic mass is 19.1. The molecule has 0 aliphatic rings. The largest absolute Gasteiger partial charge is 0.494 e. The molecule has 3 N–H and O–H groups in total. The van der Waals surface area contributed by atoms with Gasteiger partial charge in [-0.2, -0.15) is 0 Å². The van der Waals surface area contributed by atoms with Crippen molar-refractivity contribution >= 4 is 0 Å². The summed E-state index contributed by atoms with van der Waals surface area (Å²) >= 11 is 0. The van der Waals surface area contributed by atoms with Gasteiger partial charge in [-0.3, -0.25) is 0 Å². The molecule has 15 heavy (non-hydrogen) atoms. The molecule has 3 nitrogen and oxygen atoms in total. The molecule has 0 aliphatic heterocycles. The second-order valence-electron chi connectivity index (χ2n) is 3.10. The number of methoxy groups -OCH3 is 1. The van der Waals surface area contributed by atoms with Gasteiger partial charge in [-0.05, 0) is 18.6 Å². The van der Waals surface area contributed by atoms with Crippen LogP contribution in [0.2, 0.25) is 0 Å². The third-order valence-corrected chi connectivity index (χ3v) is 2.12. The molecule has 0 fully saturated rings. The van der Waals surface area contributed by atoms with E-state index in [1.807, 2.05) is 0 Å². The molecule has 5 heteroatoms. The molecule has 0 amide bonds. The molecule has 0 radical (unpaired) electrons. The summed E-state index contributed by atoms with van der Waals surface area (Å²) in [6.07, 6.45) is 0.0982. The minimum Gasteiger partial charge on any atom is -0.494 e. The maximum absolute atomic E-state index is 13.6. The predicted octanol–water partition coefficient (Wildman–Crippen LogP) is 1.36. The van der Waals surface area contributed by atoms with Crippen LogP contribution >= 0.6 is 0 Å². The fourth-order valence-electron chi connectivity index (χ4n) is 1.33. The lowest BCUT2D eigenvalue weighted by Crippen LogP contribution is -2.16. The van der Waals surface area contributed by atoms with E-state index in [1.54, 1.807) is 0 Å². The van der Waals surface area contributed by atoms with Crippen LogP contribution in [0.1, 0.15) is 18.0 Å². The number of benzene rings is 1. The van der Waals surface area contributed by atoms with Crippen molar-refractivity contribution in [3.63, 3.8) is 0 Å². The van der Waals surface area contributed by atoms with E-state index in [4.69, 9.17) is 15.6 Å². The zero-order valence-corrected chi connectivity index (χ0v) is 8.34. The number of aliphatic hydroxyl groups excluding tert-OH is 1. The SMILES string of the molecule is COc1ccc(F)c(C(N)CCO)c1F. The van der Waals surface area contributed by atoms with E-state index in [2.05, 4.69) is 0 Å². The lowest BCUT2D eigenvalue weighted by atomic mass is 10.0. The van der Waals surface area contributed by atoms with Crippen molar-refractivity contribution in [3.8, 4) is 5.75 Å². The molecular weight excluding hydrogens is 204 g/mol. The Kier molecular flexibility index (Phi) is 3.99. The van der Waals surface area contributed by atoms with Crippen LogP contribution < -0.4 is 10.5 Å². The average Bonchev–Trinajstić information content (AvgIpc) is 2.18. The first-order chi connectivity index (χ1) is 7.11. The highest BCUT2D eigenvalue weighted by molar-refractivity contribution is 5.34. The van der Waals surface area contributed by atoms with E-state index < -0.39 is 17.7 Å². The van der Waals surface area contributed by atoms with Gasteiger partial charge in [-0.1, -0.05) is 0 Å². The molecule has 1 rings (SSSR count). The first kappa shape index (κ1) is 11.9. The molecule has 0 saturated carbocycles. The molecule has 0 heterocycles. The number of ether oxygens (including phenoxy) is 1. The van der Waals surface area contributed by atoms with Gasteiger partial charge in [0.05, 0.1) is 7.11 Å². The van der Waals surface area contributed by atoms with Gasteiger partial charge in [0.15, 0.2) is 11.6 Å². The minimum absolute atomic E-state index is 0.0558. The van der Waals surface area contributed by atoms with Crippen molar-refractivity contribution in [2.75, 3.05) is 13.7 Å². The van der Waals surface area contributed by atoms with Crippen LogP contribution in [-0.4, -0.2) is 18.8 Å². The molecule has 1 atom stereocenters. The fourth-order valence-corrected chi connectivity index (χ4v) is 1.33. The van der Waals surface area contributed by atoms with Gasteiger partial charge < -0.3 is 15.6 Å². The first-order valence-corrected chi connectivity index (χ1v) is 4.50. The van der Waals surface area contributed by atoms with Crippen molar-refractivity contribution in [1.29, 1.82) is 0 Å². The van der Waals surface area contributed by atoms with Gasteiger partial charge in [0.1, 0.15) is 5.82 Å². The number of hydrogen-bond acceptors (Lipinski definition) is 3. The Labute approximate surface area is 86.5 Å². The van der Waals surface area contributed by atoms with Gasteiger partial charge in [-0.15, -0.1) is 0 Å². The molecule has 0 bridgehead atoms. The van der Waals surface area contributed by atoms with Gasteiger partial charge in [-0.25, -0.2) is 8.78 Å². The van der Waals surface area contributed by atoms with Crippen molar-refractivity contribution in [1.82, 2.24) is 0 Å². The minimum atomic E-state index is -0.870. The number of hydrogen-bond donors (Lipinski definition) is 2. The van der Waals surface area contributed by atoms with Crippen molar-refractivity contribution in [3.05, 3.63) is 29.3 Å². The fraction of sp³-hybridized carbons (Fsp3) is 0.400. The lowest BCUT2D eigenvalue weighted by Gasteiger charge is -2.14. The third kappa shape index (κ3) is 2.43. The molecular formula is C10H13F2NO2. The quantitative estimate of drug-likeness (QED) is 0.800. The van der Waals surface area contributed by atoms with E-state index in [0.29, 0.717) is 0 Å². The highest BCUT2D eigenvalue weighted by Crippen LogP contribution is 2.27. The van der Waals surface area contributed by atoms with Crippen LogP contribution in [0.4, 0.5) is 8.78 Å². The van der Waals surface area contributed by atoms with Crippen LogP contribution in [0, 0.1) is 11.6 Å². The predicted molar refractivity (Wildman–Crippen MR) is 51.5 cm³/mol. The second kappa shape index (κ2) is 5.04. The van der Waals surface area contributed by atoms with Crippen LogP contribution in [0.25, 0.3) is 0 Å². The zero-order chi connectivity index (χ0) is 11.4. The monoisotopic (exact) mass is 217 g/mol. The Morgan fingerprint density at radius 2 is 2.13 bits per heavy atom. The summed E-state index contributed by atoms with van der Waals surface area (Å²) in [6, 6.07) is 1.42. The highest BCUT2D eigenvalue weighted by Gasteiger charge is 2.19. The number of halogens is 2. The van der Waals surface area contributed by atoms with Crippen molar-refractivity contribution < 1.29 is 18.6 Å². The molecule has 1 aromatic rings. The molecule has 0 spiro atoms. The third-order valence-electron chi connectivity index (χ3n) is 2.12. The summed E-state index contributed by atoms with van der Waals surface area (Å²) in [7, 11) is 1.29. The molecule has 84 valence electrons. The van der Waals surface area contributed by atoms with Gasteiger partial charge in [0, 0.05) is 18.2 Å². The van der Waals surface area contributed by atoms with E-state index in [-0.39, 0.29) is 24.3 Å². The Morgan fingerprint density at radius 3 is 2.67 bits per heavy atom. The Hall–Kier alpha value is -1.20. The second-order valence-corrected chi connectivity index (χ2v) is 3.10. The molecule has 1 aromatic carbocycles. The average molecular weight is 217 g/mol. The Morgan fingerprint density at radius 1 is 1.47 bits per heavy atom. The summed E-state index contributed by atoms with van der Waals surface area (Å²) in [4.78, 5) is 0. The van der Waals surface area contributed by atoms with Gasteiger partial charge >= 0.3 is 0 Å². The van der Waals surface area contributed by atoms with E-state index in [1.165, 1.54) is 13.2 Å². The number of nitrogens with two attached hydrogens (primary N) is 1. The summed E-state index contributed by atoms with van der Waals surface area (Å²) in [5, 5.41) is 8.65. The maximum Gasteiger partial charge on any atom is 0.172 e. The number of rotatable bonds is 4. The van der Waals surface area contributed by atoms with Crippen LogP contribution in [0.5, 0.6) is 5.75 Å². The van der Waals surface area contributed by atoms with E-state index >= 15 is 0 Å². The van der Waals surface area contributed by atoms with Crippen LogP contribution in [-0.2, 0) is 0 Å². The molecule has 0 aromatic heterocycles. The summed E-state index contributed by atoms with van der Waals surface area (Å²) in [6.45, 7) is -0.225. The summed E-state index contributed by atoms with van der Waals surface area (Å²) < 4.78 is 31.6. The Balaban J connectivity index is 3.14. The molecule has 0 saturated heterocycles. The van der Waals surface area contributed by atoms with Crippen LogP contribution in [0.3, 0.4) is 0 Å². The normalized spacial score (nSPS) is 12.6. The lowest BCUT2D eigenvalue weighted by molar-refractivity contribution is 0.273. The van der Waals surface area contributed by atoms with Gasteiger partial charge in [0.2, 0.25) is 0 Å². The van der Waals surface area contributed by atoms with Gasteiger partial charge in [0.25, 0.3) is 0 Å². The standard InChI is InChI=1S/C10H13F2NO2/c1-15-8-3-2-6(11)9(10(8)12)7(13)4-5-14/h2-3,7,14H,4-5,13H2,1H3. The van der Waals surface area contributed by atoms with Crippen LogP contribution in [0.15, 0.2) is 12.1 Å². The van der Waals surface area contributed by atoms with Crippen molar-refractivity contribution in [2.24, 2.45) is 5.73 Å². The smallest absolute Gasteiger partial charge is 0.172 e.